The summed E-state index contributed by atoms with van der Waals surface area (Å²) in [6, 6.07) is 10.3. The van der Waals surface area contributed by atoms with Crippen molar-refractivity contribution >= 4 is 29.4 Å². The zero-order chi connectivity index (χ0) is 26.8. The van der Waals surface area contributed by atoms with Gasteiger partial charge >= 0.3 is 11.9 Å². The lowest BCUT2D eigenvalue weighted by molar-refractivity contribution is -0.134. The van der Waals surface area contributed by atoms with Crippen molar-refractivity contribution in [1.29, 1.82) is 0 Å². The molecule has 12 heteroatoms. The summed E-state index contributed by atoms with van der Waals surface area (Å²) < 4.78 is 15.0. The van der Waals surface area contributed by atoms with Crippen molar-refractivity contribution in [3.05, 3.63) is 90.9 Å². The number of aromatic nitrogens is 5. The molecule has 1 aromatic carbocycles. The van der Waals surface area contributed by atoms with E-state index in [1.54, 1.807) is 41.6 Å². The number of carbonyl (C=O) groups is 2. The van der Waals surface area contributed by atoms with Crippen LogP contribution in [0.4, 0.5) is 21.8 Å². The zero-order valence-electron chi connectivity index (χ0n) is 19.9. The maximum atomic E-state index is 13.2. The van der Waals surface area contributed by atoms with Gasteiger partial charge in [-0.3, -0.25) is 9.67 Å². The Hall–Kier alpha value is -5.13. The molecule has 4 rings (SSSR count). The van der Waals surface area contributed by atoms with Crippen LogP contribution in [0.2, 0.25) is 0 Å². The molecule has 0 radical (unpaired) electrons. The molecular formula is C25H24FN7O4. The summed E-state index contributed by atoms with van der Waals surface area (Å²) in [4.78, 5) is 32.1. The monoisotopic (exact) mass is 505 g/mol. The number of nitrogens with one attached hydrogen (secondary N) is 2. The summed E-state index contributed by atoms with van der Waals surface area (Å²) in [5.41, 5.74) is 2.88. The summed E-state index contributed by atoms with van der Waals surface area (Å²) in [5, 5.41) is 26.4. The number of pyridine rings is 1. The normalized spacial score (nSPS) is 11.3. The van der Waals surface area contributed by atoms with Crippen LogP contribution in [-0.2, 0) is 16.6 Å². The van der Waals surface area contributed by atoms with Gasteiger partial charge in [0, 0.05) is 49.4 Å². The summed E-state index contributed by atoms with van der Waals surface area (Å²) in [7, 11) is 1.87. The summed E-state index contributed by atoms with van der Waals surface area (Å²) in [5.74, 6) is -0.871. The van der Waals surface area contributed by atoms with Crippen molar-refractivity contribution in [3.63, 3.8) is 0 Å². The Morgan fingerprint density at radius 3 is 2.22 bits per heavy atom. The number of carboxylic acid groups (broad SMARTS) is 2. The van der Waals surface area contributed by atoms with E-state index in [1.807, 2.05) is 32.3 Å². The third-order valence-corrected chi connectivity index (χ3v) is 4.79. The average molecular weight is 506 g/mol. The number of benzene rings is 1. The van der Waals surface area contributed by atoms with Crippen LogP contribution in [0.5, 0.6) is 0 Å². The van der Waals surface area contributed by atoms with Gasteiger partial charge in [0.15, 0.2) is 0 Å². The fourth-order valence-electron chi connectivity index (χ4n) is 3.10. The Kier molecular flexibility index (Phi) is 8.97. The van der Waals surface area contributed by atoms with Crippen molar-refractivity contribution in [2.45, 2.75) is 13.0 Å². The molecule has 0 spiro atoms. The largest absolute Gasteiger partial charge is 0.478 e. The van der Waals surface area contributed by atoms with Gasteiger partial charge in [0.1, 0.15) is 23.3 Å². The molecule has 0 aliphatic rings. The van der Waals surface area contributed by atoms with Crippen molar-refractivity contribution in [2.75, 3.05) is 10.6 Å². The maximum absolute atomic E-state index is 13.2. The SMILES string of the molecule is C[C@H](Nc1cc(-c2cnn(C)c2)cc(Nc2cnccn2)n1)c1ccc(F)cc1.O=C(O)/C=C/C(=O)O. The fourth-order valence-corrected chi connectivity index (χ4v) is 3.10. The Labute approximate surface area is 211 Å². The molecular weight excluding hydrogens is 481 g/mol. The topological polar surface area (TPSA) is 155 Å². The molecule has 0 aliphatic heterocycles. The van der Waals surface area contributed by atoms with Gasteiger partial charge < -0.3 is 20.8 Å². The van der Waals surface area contributed by atoms with Gasteiger partial charge in [-0.1, -0.05) is 12.1 Å². The molecule has 0 aliphatic carbocycles. The highest BCUT2D eigenvalue weighted by Crippen LogP contribution is 2.28. The predicted octanol–water partition coefficient (Wildman–Crippen LogP) is 4.04. The minimum Gasteiger partial charge on any atom is -0.478 e. The highest BCUT2D eigenvalue weighted by molar-refractivity contribution is 5.89. The van der Waals surface area contributed by atoms with E-state index in [2.05, 4.69) is 30.7 Å². The van der Waals surface area contributed by atoms with Crippen molar-refractivity contribution in [1.82, 2.24) is 24.7 Å². The van der Waals surface area contributed by atoms with Crippen LogP contribution < -0.4 is 10.6 Å². The number of nitrogens with zero attached hydrogens (tertiary/aromatic N) is 5. The second-order valence-corrected chi connectivity index (χ2v) is 7.67. The van der Waals surface area contributed by atoms with E-state index in [1.165, 1.54) is 12.1 Å². The minimum absolute atomic E-state index is 0.0587. The zero-order valence-corrected chi connectivity index (χ0v) is 19.9. The summed E-state index contributed by atoms with van der Waals surface area (Å²) >= 11 is 0. The molecule has 3 aromatic heterocycles. The Bertz CT molecular complexity index is 1360. The third kappa shape index (κ3) is 8.55. The van der Waals surface area contributed by atoms with E-state index in [0.29, 0.717) is 29.6 Å². The lowest BCUT2D eigenvalue weighted by Gasteiger charge is -2.17. The van der Waals surface area contributed by atoms with E-state index in [4.69, 9.17) is 10.2 Å². The Morgan fingerprint density at radius 2 is 1.65 bits per heavy atom. The third-order valence-electron chi connectivity index (χ3n) is 4.79. The first-order valence-electron chi connectivity index (χ1n) is 10.9. The van der Waals surface area contributed by atoms with Crippen LogP contribution >= 0.6 is 0 Å². The van der Waals surface area contributed by atoms with Gasteiger partial charge in [-0.25, -0.2) is 23.9 Å². The van der Waals surface area contributed by atoms with Gasteiger partial charge in [-0.15, -0.1) is 0 Å². The summed E-state index contributed by atoms with van der Waals surface area (Å²) in [6.07, 6.45) is 9.71. The smallest absolute Gasteiger partial charge is 0.328 e. The number of hydrogen-bond donors (Lipinski definition) is 4. The first-order chi connectivity index (χ1) is 17.7. The van der Waals surface area contributed by atoms with Crippen LogP contribution in [0, 0.1) is 5.82 Å². The van der Waals surface area contributed by atoms with Gasteiger partial charge in [0.2, 0.25) is 0 Å². The van der Waals surface area contributed by atoms with Crippen LogP contribution in [-0.4, -0.2) is 46.9 Å². The van der Waals surface area contributed by atoms with Crippen molar-refractivity contribution in [2.24, 2.45) is 7.05 Å². The molecule has 0 amide bonds. The molecule has 0 fully saturated rings. The summed E-state index contributed by atoms with van der Waals surface area (Å²) in [6.45, 7) is 2.00. The maximum Gasteiger partial charge on any atom is 0.328 e. The van der Waals surface area contributed by atoms with Crippen molar-refractivity contribution in [3.8, 4) is 11.1 Å². The molecule has 0 unspecified atom stereocenters. The Morgan fingerprint density at radius 1 is 0.973 bits per heavy atom. The number of anilines is 3. The van der Waals surface area contributed by atoms with Gasteiger partial charge in [0.25, 0.3) is 0 Å². The second kappa shape index (κ2) is 12.5. The fraction of sp³-hybridized carbons (Fsp3) is 0.120. The van der Waals surface area contributed by atoms with E-state index in [-0.39, 0.29) is 11.9 Å². The number of carboxylic acids is 2. The van der Waals surface area contributed by atoms with E-state index in [9.17, 15) is 14.0 Å². The molecule has 3 heterocycles. The molecule has 0 saturated heterocycles. The number of rotatable bonds is 8. The first-order valence-corrected chi connectivity index (χ1v) is 10.9. The molecule has 0 saturated carbocycles. The lowest BCUT2D eigenvalue weighted by Crippen LogP contribution is -2.09. The van der Waals surface area contributed by atoms with Crippen LogP contribution in [0.1, 0.15) is 18.5 Å². The Balaban J connectivity index is 0.000000414. The van der Waals surface area contributed by atoms with Gasteiger partial charge in [-0.2, -0.15) is 5.10 Å². The molecule has 1 atom stereocenters. The quantitative estimate of drug-likeness (QED) is 0.258. The van der Waals surface area contributed by atoms with Crippen LogP contribution in [0.25, 0.3) is 11.1 Å². The number of hydrogen-bond acceptors (Lipinski definition) is 8. The lowest BCUT2D eigenvalue weighted by atomic mass is 10.1. The van der Waals surface area contributed by atoms with E-state index >= 15 is 0 Å². The second-order valence-electron chi connectivity index (χ2n) is 7.67. The highest BCUT2D eigenvalue weighted by atomic mass is 19.1. The molecule has 4 aromatic rings. The van der Waals surface area contributed by atoms with Gasteiger partial charge in [0.05, 0.1) is 12.4 Å². The number of aryl methyl sites for hydroxylation is 1. The van der Waals surface area contributed by atoms with E-state index in [0.717, 1.165) is 16.7 Å². The number of halogens is 1. The van der Waals surface area contributed by atoms with Gasteiger partial charge in [-0.05, 0) is 42.3 Å². The molecule has 4 N–H and O–H groups in total. The van der Waals surface area contributed by atoms with Crippen LogP contribution in [0.3, 0.4) is 0 Å². The minimum atomic E-state index is -1.26. The van der Waals surface area contributed by atoms with Crippen LogP contribution in [0.15, 0.2) is 79.5 Å². The number of aliphatic carboxylic acids is 2. The standard InChI is InChI=1S/C21H20FN7.C4H4O4/c1-14(15-3-5-18(22)6-4-15)26-19-9-16(17-11-25-29(2)13-17)10-20(27-19)28-21-12-23-7-8-24-21;5-3(6)1-2-4(7)8/h3-14H,1-2H3,(H2,24,26,27,28);1-2H,(H,5,6)(H,7,8)/b;2-1+/t14-;/m0./s1. The first kappa shape index (κ1) is 26.5. The molecule has 0 bridgehead atoms. The van der Waals surface area contributed by atoms with E-state index < -0.39 is 11.9 Å². The molecule has 190 valence electrons. The predicted molar refractivity (Wildman–Crippen MR) is 135 cm³/mol. The van der Waals surface area contributed by atoms with Crippen molar-refractivity contribution < 1.29 is 24.2 Å². The highest BCUT2D eigenvalue weighted by Gasteiger charge is 2.11. The average Bonchev–Trinajstić information content (AvgIpc) is 3.30. The molecule has 11 nitrogen and oxygen atoms in total. The molecule has 37 heavy (non-hydrogen) atoms.